The number of thiazole rings is 1. The van der Waals surface area contributed by atoms with E-state index in [2.05, 4.69) is 15.5 Å². The highest BCUT2D eigenvalue weighted by Crippen LogP contribution is 2.29. The number of amides is 1. The van der Waals surface area contributed by atoms with Crippen molar-refractivity contribution in [3.63, 3.8) is 0 Å². The first-order valence-electron chi connectivity index (χ1n) is 7.11. The van der Waals surface area contributed by atoms with Crippen molar-refractivity contribution in [2.24, 2.45) is 0 Å². The molecular weight excluding hydrogens is 298 g/mol. The van der Waals surface area contributed by atoms with Crippen molar-refractivity contribution in [2.75, 3.05) is 5.32 Å². The first-order chi connectivity index (χ1) is 10.5. The van der Waals surface area contributed by atoms with Crippen LogP contribution in [0, 0.1) is 13.8 Å². The second kappa shape index (κ2) is 5.53. The van der Waals surface area contributed by atoms with Gasteiger partial charge in [-0.15, -0.1) is 0 Å². The van der Waals surface area contributed by atoms with Crippen LogP contribution < -0.4 is 5.32 Å². The predicted octanol–water partition coefficient (Wildman–Crippen LogP) is 4.28. The molecule has 0 aliphatic carbocycles. The van der Waals surface area contributed by atoms with E-state index < -0.39 is 0 Å². The zero-order valence-corrected chi connectivity index (χ0v) is 13.7. The highest BCUT2D eigenvalue weighted by Gasteiger charge is 2.23. The molecule has 114 valence electrons. The van der Waals surface area contributed by atoms with Gasteiger partial charge in [0, 0.05) is 5.92 Å². The fourth-order valence-electron chi connectivity index (χ4n) is 2.36. The molecule has 0 atom stereocenters. The molecular formula is C16H17N3O2S. The molecule has 1 amide bonds. The second-order valence-electron chi connectivity index (χ2n) is 5.56. The Kier molecular flexibility index (Phi) is 3.70. The minimum atomic E-state index is -0.223. The molecule has 0 spiro atoms. The molecule has 1 N–H and O–H groups in total. The number of carbonyl (C=O) groups excluding carboxylic acids is 1. The van der Waals surface area contributed by atoms with E-state index in [0.717, 1.165) is 15.8 Å². The molecule has 22 heavy (non-hydrogen) atoms. The number of hydrogen-bond donors (Lipinski definition) is 1. The van der Waals surface area contributed by atoms with Crippen LogP contribution in [0.15, 0.2) is 22.7 Å². The Morgan fingerprint density at radius 1 is 1.32 bits per heavy atom. The van der Waals surface area contributed by atoms with E-state index in [-0.39, 0.29) is 11.8 Å². The quantitative estimate of drug-likeness (QED) is 0.783. The molecule has 6 heteroatoms. The number of aryl methyl sites for hydroxylation is 2. The van der Waals surface area contributed by atoms with Crippen LogP contribution in [0.3, 0.4) is 0 Å². The lowest BCUT2D eigenvalue weighted by atomic mass is 10.0. The van der Waals surface area contributed by atoms with Crippen molar-refractivity contribution >= 4 is 32.6 Å². The number of rotatable bonds is 3. The molecule has 3 aromatic rings. The smallest absolute Gasteiger partial charge is 0.262 e. The first-order valence-corrected chi connectivity index (χ1v) is 7.92. The summed E-state index contributed by atoms with van der Waals surface area (Å²) in [6.07, 6.45) is 0. The highest BCUT2D eigenvalue weighted by molar-refractivity contribution is 7.22. The SMILES string of the molecule is Cc1noc(C(C)C)c1C(=O)Nc1nc2c(C)cccc2s1. The Morgan fingerprint density at radius 3 is 2.77 bits per heavy atom. The van der Waals surface area contributed by atoms with Gasteiger partial charge < -0.3 is 4.52 Å². The van der Waals surface area contributed by atoms with Gasteiger partial charge in [-0.3, -0.25) is 10.1 Å². The second-order valence-corrected chi connectivity index (χ2v) is 6.59. The minimum absolute atomic E-state index is 0.0968. The summed E-state index contributed by atoms with van der Waals surface area (Å²) in [5.74, 6) is 0.478. The zero-order valence-electron chi connectivity index (χ0n) is 12.9. The summed E-state index contributed by atoms with van der Waals surface area (Å²) < 4.78 is 6.32. The minimum Gasteiger partial charge on any atom is -0.360 e. The molecule has 0 radical (unpaired) electrons. The van der Waals surface area contributed by atoms with Crippen molar-refractivity contribution in [1.82, 2.24) is 10.1 Å². The summed E-state index contributed by atoms with van der Waals surface area (Å²) in [5.41, 5.74) is 3.12. The van der Waals surface area contributed by atoms with Crippen LogP contribution in [-0.4, -0.2) is 16.0 Å². The van der Waals surface area contributed by atoms with Crippen LogP contribution >= 0.6 is 11.3 Å². The van der Waals surface area contributed by atoms with E-state index in [1.807, 2.05) is 39.0 Å². The molecule has 5 nitrogen and oxygen atoms in total. The fraction of sp³-hybridized carbons (Fsp3) is 0.312. The van der Waals surface area contributed by atoms with E-state index in [4.69, 9.17) is 4.52 Å². The fourth-order valence-corrected chi connectivity index (χ4v) is 3.30. The lowest BCUT2D eigenvalue weighted by Gasteiger charge is -2.04. The van der Waals surface area contributed by atoms with E-state index in [9.17, 15) is 4.79 Å². The number of nitrogens with zero attached hydrogens (tertiary/aromatic N) is 2. The average molecular weight is 315 g/mol. The van der Waals surface area contributed by atoms with Crippen molar-refractivity contribution in [3.05, 3.63) is 40.8 Å². The lowest BCUT2D eigenvalue weighted by molar-refractivity contribution is 0.102. The molecule has 0 bridgehead atoms. The summed E-state index contributed by atoms with van der Waals surface area (Å²) in [6.45, 7) is 7.72. The van der Waals surface area contributed by atoms with E-state index in [1.165, 1.54) is 11.3 Å². The van der Waals surface area contributed by atoms with E-state index >= 15 is 0 Å². The van der Waals surface area contributed by atoms with Crippen molar-refractivity contribution in [3.8, 4) is 0 Å². The van der Waals surface area contributed by atoms with Gasteiger partial charge in [0.05, 0.1) is 15.9 Å². The maximum Gasteiger partial charge on any atom is 0.262 e. The van der Waals surface area contributed by atoms with Crippen LogP contribution in [0.25, 0.3) is 10.2 Å². The standard InChI is InChI=1S/C16H17N3O2S/c1-8(2)14-12(10(4)19-21-14)15(20)18-16-17-13-9(3)6-5-7-11(13)22-16/h5-8H,1-4H3,(H,17,18,20). The third-order valence-electron chi connectivity index (χ3n) is 3.48. The summed E-state index contributed by atoms with van der Waals surface area (Å²) in [4.78, 5) is 17.0. The maximum absolute atomic E-state index is 12.5. The number of hydrogen-bond acceptors (Lipinski definition) is 5. The Bertz CT molecular complexity index is 848. The lowest BCUT2D eigenvalue weighted by Crippen LogP contribution is -2.14. The van der Waals surface area contributed by atoms with E-state index in [1.54, 1.807) is 6.92 Å². The number of benzene rings is 1. The van der Waals surface area contributed by atoms with Gasteiger partial charge in [0.1, 0.15) is 5.56 Å². The predicted molar refractivity (Wildman–Crippen MR) is 87.6 cm³/mol. The van der Waals surface area contributed by atoms with Gasteiger partial charge in [0.25, 0.3) is 5.91 Å². The van der Waals surface area contributed by atoms with E-state index in [0.29, 0.717) is 22.1 Å². The molecule has 0 saturated heterocycles. The van der Waals surface area contributed by atoms with Gasteiger partial charge in [0.15, 0.2) is 10.9 Å². The van der Waals surface area contributed by atoms with Gasteiger partial charge in [-0.1, -0.05) is 42.5 Å². The average Bonchev–Trinajstić information content (AvgIpc) is 3.02. The Hall–Kier alpha value is -2.21. The number of nitrogens with one attached hydrogen (secondary N) is 1. The van der Waals surface area contributed by atoms with Gasteiger partial charge >= 0.3 is 0 Å². The maximum atomic E-state index is 12.5. The summed E-state index contributed by atoms with van der Waals surface area (Å²) in [6, 6.07) is 6.00. The van der Waals surface area contributed by atoms with Gasteiger partial charge in [-0.2, -0.15) is 0 Å². The van der Waals surface area contributed by atoms with Crippen molar-refractivity contribution in [2.45, 2.75) is 33.6 Å². The number of fused-ring (bicyclic) bond motifs is 1. The molecule has 2 aromatic heterocycles. The molecule has 3 rings (SSSR count). The molecule has 2 heterocycles. The largest absolute Gasteiger partial charge is 0.360 e. The van der Waals surface area contributed by atoms with Crippen LogP contribution in [0.5, 0.6) is 0 Å². The highest BCUT2D eigenvalue weighted by atomic mass is 32.1. The Morgan fingerprint density at radius 2 is 2.09 bits per heavy atom. The Labute approximate surface area is 132 Å². The summed E-state index contributed by atoms with van der Waals surface area (Å²) in [7, 11) is 0. The molecule has 0 saturated carbocycles. The number of anilines is 1. The van der Waals surface area contributed by atoms with Gasteiger partial charge in [-0.05, 0) is 25.5 Å². The van der Waals surface area contributed by atoms with Crippen LogP contribution in [-0.2, 0) is 0 Å². The topological polar surface area (TPSA) is 68.0 Å². The molecule has 1 aromatic carbocycles. The van der Waals surface area contributed by atoms with Crippen LogP contribution in [0.2, 0.25) is 0 Å². The van der Waals surface area contributed by atoms with Gasteiger partial charge in [-0.25, -0.2) is 4.98 Å². The summed E-state index contributed by atoms with van der Waals surface area (Å²) >= 11 is 1.46. The molecule has 0 fully saturated rings. The molecule has 0 unspecified atom stereocenters. The monoisotopic (exact) mass is 315 g/mol. The normalized spacial score (nSPS) is 11.3. The third kappa shape index (κ3) is 2.50. The van der Waals surface area contributed by atoms with Crippen molar-refractivity contribution in [1.29, 1.82) is 0 Å². The molecule has 0 aliphatic heterocycles. The first kappa shape index (κ1) is 14.7. The summed E-state index contributed by atoms with van der Waals surface area (Å²) in [5, 5.41) is 7.36. The third-order valence-corrected chi connectivity index (χ3v) is 4.42. The Balaban J connectivity index is 1.93. The van der Waals surface area contributed by atoms with Gasteiger partial charge in [0.2, 0.25) is 0 Å². The number of para-hydroxylation sites is 1. The molecule has 0 aliphatic rings. The van der Waals surface area contributed by atoms with Crippen molar-refractivity contribution < 1.29 is 9.32 Å². The van der Waals surface area contributed by atoms with Crippen LogP contribution in [0.1, 0.15) is 47.1 Å². The zero-order chi connectivity index (χ0) is 15.9. The van der Waals surface area contributed by atoms with Crippen LogP contribution in [0.4, 0.5) is 5.13 Å². The number of aromatic nitrogens is 2. The number of carbonyl (C=O) groups is 1.